The van der Waals surface area contributed by atoms with Crippen LogP contribution >= 0.6 is 15.9 Å². The standard InChI is InChI=1S/C14H17BrN2O3/c1-9-6-10(2-3-11(9)15)17-13(20)12(19)16-7-14(8-18)4-5-14/h2-3,6,18H,4-5,7-8H2,1H3,(H,16,19)(H,17,20). The maximum absolute atomic E-state index is 11.7. The molecule has 1 aromatic rings. The van der Waals surface area contributed by atoms with Crippen molar-refractivity contribution in [2.24, 2.45) is 5.41 Å². The summed E-state index contributed by atoms with van der Waals surface area (Å²) in [7, 11) is 0. The molecule has 1 saturated carbocycles. The number of nitrogens with one attached hydrogen (secondary N) is 2. The molecule has 0 heterocycles. The van der Waals surface area contributed by atoms with Crippen molar-refractivity contribution in [2.75, 3.05) is 18.5 Å². The zero-order valence-corrected chi connectivity index (χ0v) is 12.8. The number of rotatable bonds is 4. The molecule has 0 radical (unpaired) electrons. The zero-order valence-electron chi connectivity index (χ0n) is 11.2. The van der Waals surface area contributed by atoms with Crippen LogP contribution in [0.15, 0.2) is 22.7 Å². The number of amides is 2. The van der Waals surface area contributed by atoms with Gasteiger partial charge in [-0.05, 0) is 43.5 Å². The largest absolute Gasteiger partial charge is 0.396 e. The molecule has 0 aromatic heterocycles. The zero-order chi connectivity index (χ0) is 14.8. The molecule has 1 aliphatic rings. The van der Waals surface area contributed by atoms with Gasteiger partial charge in [-0.2, -0.15) is 0 Å². The van der Waals surface area contributed by atoms with E-state index in [0.29, 0.717) is 12.2 Å². The fourth-order valence-electron chi connectivity index (χ4n) is 1.83. The van der Waals surface area contributed by atoms with E-state index < -0.39 is 11.8 Å². The minimum absolute atomic E-state index is 0.0425. The Balaban J connectivity index is 1.87. The summed E-state index contributed by atoms with van der Waals surface area (Å²) in [5.74, 6) is -1.37. The highest BCUT2D eigenvalue weighted by molar-refractivity contribution is 9.10. The lowest BCUT2D eigenvalue weighted by Gasteiger charge is -2.12. The minimum atomic E-state index is -0.694. The third-order valence-corrected chi connectivity index (χ3v) is 4.43. The summed E-state index contributed by atoms with van der Waals surface area (Å²) >= 11 is 3.37. The van der Waals surface area contributed by atoms with Gasteiger partial charge in [0.15, 0.2) is 0 Å². The Morgan fingerprint density at radius 3 is 2.60 bits per heavy atom. The van der Waals surface area contributed by atoms with Crippen LogP contribution in [0.25, 0.3) is 0 Å². The van der Waals surface area contributed by atoms with Crippen LogP contribution in [0.2, 0.25) is 0 Å². The molecule has 1 aromatic carbocycles. The predicted molar refractivity (Wildman–Crippen MR) is 79.3 cm³/mol. The summed E-state index contributed by atoms with van der Waals surface area (Å²) in [5, 5.41) is 14.3. The highest BCUT2D eigenvalue weighted by Crippen LogP contribution is 2.44. The van der Waals surface area contributed by atoms with E-state index in [-0.39, 0.29) is 12.0 Å². The summed E-state index contributed by atoms with van der Waals surface area (Å²) < 4.78 is 0.943. The Morgan fingerprint density at radius 1 is 1.35 bits per heavy atom. The van der Waals surface area contributed by atoms with Gasteiger partial charge in [0.2, 0.25) is 0 Å². The molecule has 6 heteroatoms. The van der Waals surface area contributed by atoms with Gasteiger partial charge in [0.25, 0.3) is 0 Å². The Bertz CT molecular complexity index is 541. The average Bonchev–Trinajstić information content (AvgIpc) is 3.21. The van der Waals surface area contributed by atoms with Crippen molar-refractivity contribution in [1.29, 1.82) is 0 Å². The fraction of sp³-hybridized carbons (Fsp3) is 0.429. The topological polar surface area (TPSA) is 78.4 Å². The van der Waals surface area contributed by atoms with Gasteiger partial charge >= 0.3 is 11.8 Å². The maximum atomic E-state index is 11.7. The second-order valence-electron chi connectivity index (χ2n) is 5.26. The molecule has 0 aliphatic heterocycles. The molecule has 0 spiro atoms. The number of aliphatic hydroxyl groups is 1. The second-order valence-corrected chi connectivity index (χ2v) is 6.11. The smallest absolute Gasteiger partial charge is 0.313 e. The number of carbonyl (C=O) groups excluding carboxylic acids is 2. The van der Waals surface area contributed by atoms with Crippen LogP contribution in [0, 0.1) is 12.3 Å². The monoisotopic (exact) mass is 340 g/mol. The van der Waals surface area contributed by atoms with Crippen LogP contribution in [0.1, 0.15) is 18.4 Å². The van der Waals surface area contributed by atoms with Crippen molar-refractivity contribution in [1.82, 2.24) is 5.32 Å². The van der Waals surface area contributed by atoms with Crippen LogP contribution < -0.4 is 10.6 Å². The molecule has 1 aliphatic carbocycles. The molecule has 5 nitrogen and oxygen atoms in total. The molecule has 0 saturated heterocycles. The Morgan fingerprint density at radius 2 is 2.05 bits per heavy atom. The van der Waals surface area contributed by atoms with E-state index in [4.69, 9.17) is 5.11 Å². The summed E-state index contributed by atoms with van der Waals surface area (Å²) in [4.78, 5) is 23.4. The second kappa shape index (κ2) is 5.93. The Labute approximate surface area is 125 Å². The first-order valence-electron chi connectivity index (χ1n) is 6.42. The number of hydrogen-bond donors (Lipinski definition) is 3. The van der Waals surface area contributed by atoms with Gasteiger partial charge in [0.05, 0.1) is 6.61 Å². The summed E-state index contributed by atoms with van der Waals surface area (Å²) in [6.45, 7) is 2.29. The SMILES string of the molecule is Cc1cc(NC(=O)C(=O)NCC2(CO)CC2)ccc1Br. The first-order valence-corrected chi connectivity index (χ1v) is 7.21. The third kappa shape index (κ3) is 3.58. The molecule has 0 bridgehead atoms. The molecule has 1 fully saturated rings. The molecule has 3 N–H and O–H groups in total. The van der Waals surface area contributed by atoms with Crippen LogP contribution in [-0.4, -0.2) is 30.1 Å². The number of benzene rings is 1. The van der Waals surface area contributed by atoms with E-state index in [2.05, 4.69) is 26.6 Å². The van der Waals surface area contributed by atoms with Crippen LogP contribution in [0.5, 0.6) is 0 Å². The van der Waals surface area contributed by atoms with Gasteiger partial charge in [0, 0.05) is 22.1 Å². The van der Waals surface area contributed by atoms with Gasteiger partial charge < -0.3 is 15.7 Å². The Kier molecular flexibility index (Phi) is 4.45. The number of anilines is 1. The van der Waals surface area contributed by atoms with Crippen molar-refractivity contribution >= 4 is 33.4 Å². The van der Waals surface area contributed by atoms with E-state index in [9.17, 15) is 9.59 Å². The number of aryl methyl sites for hydroxylation is 1. The molecule has 0 unspecified atom stereocenters. The molecule has 0 atom stereocenters. The first-order chi connectivity index (χ1) is 9.46. The van der Waals surface area contributed by atoms with E-state index in [1.54, 1.807) is 12.1 Å². The normalized spacial score (nSPS) is 15.6. The number of hydrogen-bond acceptors (Lipinski definition) is 3. The number of carbonyl (C=O) groups is 2. The lowest BCUT2D eigenvalue weighted by atomic mass is 10.1. The maximum Gasteiger partial charge on any atom is 0.313 e. The van der Waals surface area contributed by atoms with Crippen LogP contribution in [0.4, 0.5) is 5.69 Å². The number of aliphatic hydroxyl groups excluding tert-OH is 1. The quantitative estimate of drug-likeness (QED) is 0.728. The van der Waals surface area contributed by atoms with Crippen molar-refractivity contribution < 1.29 is 14.7 Å². The van der Waals surface area contributed by atoms with Crippen molar-refractivity contribution in [3.05, 3.63) is 28.2 Å². The average molecular weight is 341 g/mol. The van der Waals surface area contributed by atoms with Crippen molar-refractivity contribution in [3.8, 4) is 0 Å². The highest BCUT2D eigenvalue weighted by atomic mass is 79.9. The van der Waals surface area contributed by atoms with Gasteiger partial charge in [-0.15, -0.1) is 0 Å². The number of halogens is 1. The van der Waals surface area contributed by atoms with E-state index >= 15 is 0 Å². The third-order valence-electron chi connectivity index (χ3n) is 3.54. The summed E-state index contributed by atoms with van der Waals surface area (Å²) in [6, 6.07) is 5.32. The molecule has 20 heavy (non-hydrogen) atoms. The van der Waals surface area contributed by atoms with Gasteiger partial charge in [-0.25, -0.2) is 0 Å². The van der Waals surface area contributed by atoms with Gasteiger partial charge in [0.1, 0.15) is 0 Å². The molecule has 2 rings (SSSR count). The van der Waals surface area contributed by atoms with Crippen LogP contribution in [0.3, 0.4) is 0 Å². The fourth-order valence-corrected chi connectivity index (χ4v) is 2.07. The van der Waals surface area contributed by atoms with E-state index in [0.717, 1.165) is 22.9 Å². The van der Waals surface area contributed by atoms with E-state index in [1.165, 1.54) is 0 Å². The molecule has 108 valence electrons. The van der Waals surface area contributed by atoms with Crippen molar-refractivity contribution in [2.45, 2.75) is 19.8 Å². The summed E-state index contributed by atoms with van der Waals surface area (Å²) in [6.07, 6.45) is 1.77. The molecular formula is C14H17BrN2O3. The highest BCUT2D eigenvalue weighted by Gasteiger charge is 2.42. The molecule has 2 amide bonds. The predicted octanol–water partition coefficient (Wildman–Crippen LogP) is 1.58. The molecular weight excluding hydrogens is 324 g/mol. The lowest BCUT2D eigenvalue weighted by molar-refractivity contribution is -0.136. The first kappa shape index (κ1) is 15.0. The van der Waals surface area contributed by atoms with Gasteiger partial charge in [-0.1, -0.05) is 15.9 Å². The van der Waals surface area contributed by atoms with E-state index in [1.807, 2.05) is 13.0 Å². The Hall–Kier alpha value is -1.40. The van der Waals surface area contributed by atoms with Crippen LogP contribution in [-0.2, 0) is 9.59 Å². The van der Waals surface area contributed by atoms with Crippen molar-refractivity contribution in [3.63, 3.8) is 0 Å². The lowest BCUT2D eigenvalue weighted by Crippen LogP contribution is -2.39. The van der Waals surface area contributed by atoms with Gasteiger partial charge in [-0.3, -0.25) is 9.59 Å². The summed E-state index contributed by atoms with van der Waals surface area (Å²) in [5.41, 5.74) is 1.35. The minimum Gasteiger partial charge on any atom is -0.396 e.